The van der Waals surface area contributed by atoms with Crippen molar-refractivity contribution in [1.29, 1.82) is 5.26 Å². The zero-order chi connectivity index (χ0) is 11.4. The van der Waals surface area contributed by atoms with Crippen LogP contribution in [-0.2, 0) is 6.42 Å². The van der Waals surface area contributed by atoms with E-state index < -0.39 is 11.6 Å². The molecule has 0 saturated heterocycles. The maximum absolute atomic E-state index is 13.4. The van der Waals surface area contributed by atoms with Gasteiger partial charge in [-0.1, -0.05) is 6.07 Å². The molecular weight excluding hydrogens is 198 g/mol. The first-order valence-electron chi connectivity index (χ1n) is 4.59. The molecule has 0 atom stereocenters. The van der Waals surface area contributed by atoms with Crippen LogP contribution in [-0.4, -0.2) is 14.1 Å². The summed E-state index contributed by atoms with van der Waals surface area (Å²) in [5, 5.41) is 8.45. The fourth-order valence-corrected chi connectivity index (χ4v) is 1.46. The van der Waals surface area contributed by atoms with Gasteiger partial charge in [0.05, 0.1) is 11.8 Å². The number of benzene rings is 1. The molecule has 0 aromatic heterocycles. The molecule has 80 valence electrons. The van der Waals surface area contributed by atoms with Crippen molar-refractivity contribution in [2.75, 3.05) is 19.0 Å². The van der Waals surface area contributed by atoms with Gasteiger partial charge in [-0.25, -0.2) is 8.78 Å². The molecule has 15 heavy (non-hydrogen) atoms. The van der Waals surface area contributed by atoms with Crippen molar-refractivity contribution in [3.8, 4) is 6.07 Å². The van der Waals surface area contributed by atoms with Crippen molar-refractivity contribution in [3.05, 3.63) is 29.3 Å². The molecule has 0 radical (unpaired) electrons. The van der Waals surface area contributed by atoms with Gasteiger partial charge in [0.2, 0.25) is 0 Å². The van der Waals surface area contributed by atoms with Crippen LogP contribution in [0.5, 0.6) is 0 Å². The minimum atomic E-state index is -0.862. The minimum Gasteiger partial charge on any atom is -0.375 e. The number of hydrogen-bond acceptors (Lipinski definition) is 2. The predicted octanol–water partition coefficient (Wildman–Crippen LogP) is 2.49. The molecule has 0 bridgehead atoms. The zero-order valence-electron chi connectivity index (χ0n) is 8.72. The Morgan fingerprint density at radius 2 is 2.00 bits per heavy atom. The average Bonchev–Trinajstić information content (AvgIpc) is 2.19. The topological polar surface area (TPSA) is 27.0 Å². The second kappa shape index (κ2) is 4.74. The van der Waals surface area contributed by atoms with E-state index in [4.69, 9.17) is 5.26 Å². The molecule has 1 aromatic rings. The van der Waals surface area contributed by atoms with E-state index in [9.17, 15) is 8.78 Å². The van der Waals surface area contributed by atoms with Gasteiger partial charge >= 0.3 is 0 Å². The zero-order valence-corrected chi connectivity index (χ0v) is 8.72. The highest BCUT2D eigenvalue weighted by atomic mass is 19.2. The smallest absolute Gasteiger partial charge is 0.182 e. The van der Waals surface area contributed by atoms with E-state index in [1.807, 2.05) is 6.07 Å². The minimum absolute atomic E-state index is 0.227. The van der Waals surface area contributed by atoms with E-state index in [2.05, 4.69) is 0 Å². The Morgan fingerprint density at radius 1 is 1.33 bits per heavy atom. The van der Waals surface area contributed by atoms with Crippen LogP contribution in [0.3, 0.4) is 0 Å². The van der Waals surface area contributed by atoms with Gasteiger partial charge in [0.25, 0.3) is 0 Å². The van der Waals surface area contributed by atoms with Crippen LogP contribution in [0.2, 0.25) is 0 Å². The SMILES string of the molecule is CN(C)c1c(CCC#N)ccc(F)c1F. The molecule has 0 fully saturated rings. The van der Waals surface area contributed by atoms with Crippen LogP contribution in [0.1, 0.15) is 12.0 Å². The molecule has 0 amide bonds. The van der Waals surface area contributed by atoms with Crippen molar-refractivity contribution >= 4 is 5.69 Å². The lowest BCUT2D eigenvalue weighted by Gasteiger charge is -2.18. The van der Waals surface area contributed by atoms with Crippen LogP contribution < -0.4 is 4.90 Å². The van der Waals surface area contributed by atoms with Crippen molar-refractivity contribution in [2.24, 2.45) is 0 Å². The highest BCUT2D eigenvalue weighted by molar-refractivity contribution is 5.54. The summed E-state index contributed by atoms with van der Waals surface area (Å²) in [5.74, 6) is -1.71. The molecule has 0 unspecified atom stereocenters. The first-order chi connectivity index (χ1) is 7.07. The predicted molar refractivity (Wildman–Crippen MR) is 54.6 cm³/mol. The lowest BCUT2D eigenvalue weighted by Crippen LogP contribution is -2.14. The maximum Gasteiger partial charge on any atom is 0.182 e. The number of aryl methyl sites for hydroxylation is 1. The number of halogens is 2. The largest absolute Gasteiger partial charge is 0.375 e. The van der Waals surface area contributed by atoms with Gasteiger partial charge < -0.3 is 4.90 Å². The van der Waals surface area contributed by atoms with Gasteiger partial charge in [-0.15, -0.1) is 0 Å². The molecule has 0 aliphatic rings. The highest BCUT2D eigenvalue weighted by Gasteiger charge is 2.14. The van der Waals surface area contributed by atoms with Gasteiger partial charge in [0.15, 0.2) is 11.6 Å². The first-order valence-corrected chi connectivity index (χ1v) is 4.59. The molecule has 0 N–H and O–H groups in total. The van der Waals surface area contributed by atoms with Crippen molar-refractivity contribution in [1.82, 2.24) is 0 Å². The van der Waals surface area contributed by atoms with Gasteiger partial charge in [0.1, 0.15) is 0 Å². The molecule has 1 aromatic carbocycles. The lowest BCUT2D eigenvalue weighted by atomic mass is 10.1. The Balaban J connectivity index is 3.16. The Kier molecular flexibility index (Phi) is 3.62. The average molecular weight is 210 g/mol. The third-order valence-corrected chi connectivity index (χ3v) is 2.11. The second-order valence-corrected chi connectivity index (χ2v) is 3.42. The van der Waals surface area contributed by atoms with Gasteiger partial charge in [-0.2, -0.15) is 5.26 Å². The van der Waals surface area contributed by atoms with Crippen molar-refractivity contribution in [3.63, 3.8) is 0 Å². The molecule has 1 rings (SSSR count). The summed E-state index contributed by atoms with van der Waals surface area (Å²) in [6.45, 7) is 0. The fraction of sp³-hybridized carbons (Fsp3) is 0.364. The normalized spacial score (nSPS) is 9.80. The van der Waals surface area contributed by atoms with E-state index in [-0.39, 0.29) is 5.69 Å². The van der Waals surface area contributed by atoms with Crippen molar-refractivity contribution in [2.45, 2.75) is 12.8 Å². The van der Waals surface area contributed by atoms with Crippen LogP contribution >= 0.6 is 0 Å². The molecule has 2 nitrogen and oxygen atoms in total. The summed E-state index contributed by atoms with van der Waals surface area (Å²) in [7, 11) is 3.29. The monoisotopic (exact) mass is 210 g/mol. The summed E-state index contributed by atoms with van der Waals surface area (Å²) in [6, 6.07) is 4.59. The number of nitrogens with zero attached hydrogens (tertiary/aromatic N) is 2. The molecular formula is C11H12F2N2. The Hall–Kier alpha value is -1.63. The first kappa shape index (κ1) is 11.4. The van der Waals surface area contributed by atoms with Crippen LogP contribution in [0.25, 0.3) is 0 Å². The molecule has 0 aliphatic carbocycles. The number of hydrogen-bond donors (Lipinski definition) is 0. The number of nitriles is 1. The van der Waals surface area contributed by atoms with E-state index >= 15 is 0 Å². The van der Waals surface area contributed by atoms with E-state index in [1.165, 1.54) is 11.0 Å². The summed E-state index contributed by atoms with van der Waals surface area (Å²) < 4.78 is 26.4. The molecule has 4 heteroatoms. The van der Waals surface area contributed by atoms with Gasteiger partial charge in [-0.05, 0) is 18.1 Å². The Labute approximate surface area is 87.7 Å². The quantitative estimate of drug-likeness (QED) is 0.766. The molecule has 0 saturated carbocycles. The summed E-state index contributed by atoms with van der Waals surface area (Å²) in [4.78, 5) is 1.52. The summed E-state index contributed by atoms with van der Waals surface area (Å²) in [6.07, 6.45) is 0.729. The lowest BCUT2D eigenvalue weighted by molar-refractivity contribution is 0.507. The van der Waals surface area contributed by atoms with E-state index in [0.717, 1.165) is 6.07 Å². The van der Waals surface area contributed by atoms with Crippen LogP contribution in [0, 0.1) is 23.0 Å². The number of rotatable bonds is 3. The second-order valence-electron chi connectivity index (χ2n) is 3.42. The molecule has 0 heterocycles. The van der Waals surface area contributed by atoms with Gasteiger partial charge in [0, 0.05) is 20.5 Å². The summed E-state index contributed by atoms with van der Waals surface area (Å²) >= 11 is 0. The van der Waals surface area contributed by atoms with Gasteiger partial charge in [-0.3, -0.25) is 0 Å². The standard InChI is InChI=1S/C11H12F2N2/c1-15(2)11-8(4-3-7-14)5-6-9(12)10(11)13/h5-6H,3-4H2,1-2H3. The van der Waals surface area contributed by atoms with Crippen molar-refractivity contribution < 1.29 is 8.78 Å². The third kappa shape index (κ3) is 2.44. The fourth-order valence-electron chi connectivity index (χ4n) is 1.46. The van der Waals surface area contributed by atoms with Crippen LogP contribution in [0.15, 0.2) is 12.1 Å². The Morgan fingerprint density at radius 3 is 2.53 bits per heavy atom. The van der Waals surface area contributed by atoms with E-state index in [0.29, 0.717) is 18.4 Å². The maximum atomic E-state index is 13.4. The summed E-state index contributed by atoms with van der Waals surface area (Å²) in [5.41, 5.74) is 0.880. The van der Waals surface area contributed by atoms with E-state index in [1.54, 1.807) is 14.1 Å². The molecule has 0 aliphatic heterocycles. The highest BCUT2D eigenvalue weighted by Crippen LogP contribution is 2.25. The third-order valence-electron chi connectivity index (χ3n) is 2.11. The Bertz CT molecular complexity index is 394. The number of anilines is 1. The molecule has 0 spiro atoms. The van der Waals surface area contributed by atoms with Crippen LogP contribution in [0.4, 0.5) is 14.5 Å².